The molecule has 0 unspecified atom stereocenters. The fraction of sp³-hybridized carbons (Fsp3) is 0.308. The van der Waals surface area contributed by atoms with Crippen LogP contribution in [0.5, 0.6) is 0 Å². The van der Waals surface area contributed by atoms with Crippen LogP contribution in [0.4, 0.5) is 0 Å². The van der Waals surface area contributed by atoms with Gasteiger partial charge in [-0.25, -0.2) is 22.1 Å². The number of sulfonamides is 1. The smallest absolute Gasteiger partial charge is 0.241 e. The Balaban J connectivity index is 1.98. The minimum absolute atomic E-state index is 0.216. The van der Waals surface area contributed by atoms with Crippen LogP contribution < -0.4 is 9.44 Å². The van der Waals surface area contributed by atoms with Crippen LogP contribution >= 0.6 is 11.8 Å². The van der Waals surface area contributed by atoms with Gasteiger partial charge in [0, 0.05) is 16.7 Å². The van der Waals surface area contributed by atoms with E-state index in [1.807, 2.05) is 88.4 Å². The molecule has 3 rings (SSSR count). The van der Waals surface area contributed by atoms with Crippen LogP contribution in [0.15, 0.2) is 94.7 Å². The number of rotatable bonds is 10. The number of hydrogen-bond donors (Lipinski definition) is 2. The van der Waals surface area contributed by atoms with Gasteiger partial charge in [-0.2, -0.15) is 0 Å². The Morgan fingerprint density at radius 2 is 1.44 bits per heavy atom. The van der Waals surface area contributed by atoms with Crippen molar-refractivity contribution in [3.8, 4) is 0 Å². The fourth-order valence-electron chi connectivity index (χ4n) is 3.25. The maximum Gasteiger partial charge on any atom is 0.241 e. The summed E-state index contributed by atoms with van der Waals surface area (Å²) in [5.41, 5.74) is 1.83. The van der Waals surface area contributed by atoms with Gasteiger partial charge in [0.05, 0.1) is 26.7 Å². The molecule has 0 saturated carbocycles. The molecular weight excluding hydrogens is 484 g/mol. The zero-order valence-corrected chi connectivity index (χ0v) is 22.3. The quantitative estimate of drug-likeness (QED) is 0.362. The molecule has 8 heteroatoms. The highest BCUT2D eigenvalue weighted by atomic mass is 32.2. The normalized spacial score (nSPS) is 14.9. The Bertz CT molecular complexity index is 1180. The molecule has 182 valence electrons. The highest BCUT2D eigenvalue weighted by molar-refractivity contribution is 8.00. The molecule has 0 saturated heterocycles. The molecular formula is C26H32N2O3S3. The van der Waals surface area contributed by atoms with Crippen molar-refractivity contribution in [1.29, 1.82) is 0 Å². The molecule has 0 bridgehead atoms. The zero-order valence-electron chi connectivity index (χ0n) is 19.9. The fourth-order valence-corrected chi connectivity index (χ4v) is 6.66. The summed E-state index contributed by atoms with van der Waals surface area (Å²) in [5.74, 6) is 0. The number of nitrogens with one attached hydrogen (secondary N) is 2. The maximum absolute atomic E-state index is 13.4. The highest BCUT2D eigenvalue weighted by Crippen LogP contribution is 2.33. The summed E-state index contributed by atoms with van der Waals surface area (Å²) in [7, 11) is -5.09. The lowest BCUT2D eigenvalue weighted by molar-refractivity contribution is 0.543. The van der Waals surface area contributed by atoms with E-state index in [1.165, 1.54) is 0 Å². The van der Waals surface area contributed by atoms with E-state index < -0.39 is 31.8 Å². The van der Waals surface area contributed by atoms with Crippen molar-refractivity contribution >= 4 is 32.8 Å². The van der Waals surface area contributed by atoms with Gasteiger partial charge in [0.2, 0.25) is 10.0 Å². The molecule has 0 aliphatic rings. The second kappa shape index (κ2) is 11.6. The molecule has 34 heavy (non-hydrogen) atoms. The summed E-state index contributed by atoms with van der Waals surface area (Å²) in [4.78, 5) is 1.22. The summed E-state index contributed by atoms with van der Waals surface area (Å²) in [6.45, 7) is 7.99. The van der Waals surface area contributed by atoms with E-state index in [-0.39, 0.29) is 10.1 Å². The third kappa shape index (κ3) is 7.52. The first-order valence-corrected chi connectivity index (χ1v) is 14.6. The van der Waals surface area contributed by atoms with Gasteiger partial charge in [0.15, 0.2) is 0 Å². The minimum atomic E-state index is -3.80. The Morgan fingerprint density at radius 3 is 2.00 bits per heavy atom. The van der Waals surface area contributed by atoms with E-state index in [0.717, 1.165) is 16.0 Å². The molecule has 0 heterocycles. The summed E-state index contributed by atoms with van der Waals surface area (Å²) in [6, 6.07) is 25.6. The lowest BCUT2D eigenvalue weighted by Crippen LogP contribution is -2.42. The first-order chi connectivity index (χ1) is 16.1. The van der Waals surface area contributed by atoms with Crippen LogP contribution in [-0.4, -0.2) is 29.2 Å². The van der Waals surface area contributed by atoms with Crippen molar-refractivity contribution in [2.45, 2.75) is 53.5 Å². The topological polar surface area (TPSA) is 75.3 Å². The first kappa shape index (κ1) is 26.6. The molecule has 0 aromatic heterocycles. The number of thioether (sulfide) groups is 1. The SMILES string of the molecule is Cc1ccc(S(=O)(=O)N[C@H](c2ccccc2)[C@H](CN[S@](=O)C(C)(C)C)Sc2ccccc2)cc1. The predicted molar refractivity (Wildman–Crippen MR) is 143 cm³/mol. The number of benzene rings is 3. The average Bonchev–Trinajstić information content (AvgIpc) is 2.81. The van der Waals surface area contributed by atoms with Crippen LogP contribution in [0.1, 0.15) is 37.9 Å². The molecule has 0 fully saturated rings. The van der Waals surface area contributed by atoms with Gasteiger partial charge in [-0.1, -0.05) is 66.2 Å². The monoisotopic (exact) mass is 516 g/mol. The van der Waals surface area contributed by atoms with Crippen LogP contribution in [-0.2, 0) is 21.0 Å². The van der Waals surface area contributed by atoms with Crippen molar-refractivity contribution in [3.63, 3.8) is 0 Å². The molecule has 5 nitrogen and oxygen atoms in total. The second-order valence-corrected chi connectivity index (χ2v) is 14.1. The standard InChI is InChI=1S/C26H32N2O3S3/c1-20-15-17-23(18-16-20)34(30,31)28-25(21-11-7-5-8-12-21)24(19-27-33(29)26(2,3)4)32-22-13-9-6-10-14-22/h5-18,24-25,27-28H,19H2,1-4H3/t24-,25+,33+/m0/s1. The van der Waals surface area contributed by atoms with E-state index in [1.54, 1.807) is 36.0 Å². The summed E-state index contributed by atoms with van der Waals surface area (Å²) in [5, 5.41) is -0.267. The predicted octanol–water partition coefficient (Wildman–Crippen LogP) is 5.23. The zero-order chi connectivity index (χ0) is 24.8. The maximum atomic E-state index is 13.4. The van der Waals surface area contributed by atoms with Crippen molar-refractivity contribution in [2.24, 2.45) is 0 Å². The largest absolute Gasteiger partial charge is 0.242 e. The molecule has 3 atom stereocenters. The van der Waals surface area contributed by atoms with Crippen LogP contribution in [0.25, 0.3) is 0 Å². The van der Waals surface area contributed by atoms with Crippen molar-refractivity contribution in [3.05, 3.63) is 96.1 Å². The minimum Gasteiger partial charge on any atom is -0.242 e. The number of aryl methyl sites for hydroxylation is 1. The van der Waals surface area contributed by atoms with E-state index in [9.17, 15) is 12.6 Å². The van der Waals surface area contributed by atoms with Crippen LogP contribution in [0.2, 0.25) is 0 Å². The number of hydrogen-bond acceptors (Lipinski definition) is 4. The van der Waals surface area contributed by atoms with E-state index in [4.69, 9.17) is 0 Å². The molecule has 0 spiro atoms. The van der Waals surface area contributed by atoms with Gasteiger partial charge in [0.1, 0.15) is 0 Å². The molecule has 2 N–H and O–H groups in total. The van der Waals surface area contributed by atoms with Gasteiger partial charge in [-0.3, -0.25) is 0 Å². The van der Waals surface area contributed by atoms with Gasteiger partial charge in [-0.05, 0) is 57.5 Å². The molecule has 0 aliphatic heterocycles. The van der Waals surface area contributed by atoms with E-state index in [2.05, 4.69) is 9.44 Å². The Kier molecular flexibility index (Phi) is 9.12. The molecule has 3 aromatic rings. The van der Waals surface area contributed by atoms with Crippen molar-refractivity contribution in [2.75, 3.05) is 6.54 Å². The van der Waals surface area contributed by atoms with Crippen molar-refractivity contribution in [1.82, 2.24) is 9.44 Å². The van der Waals surface area contributed by atoms with Crippen LogP contribution in [0, 0.1) is 6.92 Å². The van der Waals surface area contributed by atoms with Crippen LogP contribution in [0.3, 0.4) is 0 Å². The molecule has 0 radical (unpaired) electrons. The summed E-state index contributed by atoms with van der Waals surface area (Å²) in [6.07, 6.45) is 0. The van der Waals surface area contributed by atoms with Gasteiger partial charge < -0.3 is 0 Å². The first-order valence-electron chi connectivity index (χ1n) is 11.1. The third-order valence-electron chi connectivity index (χ3n) is 5.15. The molecule has 3 aromatic carbocycles. The lowest BCUT2D eigenvalue weighted by Gasteiger charge is -2.29. The average molecular weight is 517 g/mol. The third-order valence-corrected chi connectivity index (χ3v) is 9.43. The Labute approximate surface area is 210 Å². The molecule has 0 amide bonds. The second-order valence-electron chi connectivity index (χ2n) is 9.02. The van der Waals surface area contributed by atoms with Gasteiger partial charge >= 0.3 is 0 Å². The molecule has 0 aliphatic carbocycles. The summed E-state index contributed by atoms with van der Waals surface area (Å²) < 4.78 is 45.2. The Morgan fingerprint density at radius 1 is 0.882 bits per heavy atom. The van der Waals surface area contributed by atoms with Gasteiger partial charge in [0.25, 0.3) is 0 Å². The van der Waals surface area contributed by atoms with E-state index >= 15 is 0 Å². The Hall–Kier alpha value is -1.97. The van der Waals surface area contributed by atoms with E-state index in [0.29, 0.717) is 6.54 Å². The van der Waals surface area contributed by atoms with Gasteiger partial charge in [-0.15, -0.1) is 11.8 Å². The lowest BCUT2D eigenvalue weighted by atomic mass is 10.0. The van der Waals surface area contributed by atoms with Crippen molar-refractivity contribution < 1.29 is 12.6 Å². The summed E-state index contributed by atoms with van der Waals surface area (Å²) >= 11 is 1.56. The highest BCUT2D eigenvalue weighted by Gasteiger charge is 2.31.